The largest absolute Gasteiger partial charge is 0.367 e. The van der Waals surface area contributed by atoms with Crippen LogP contribution in [0, 0.1) is 0 Å². The molecule has 0 saturated carbocycles. The van der Waals surface area contributed by atoms with Crippen molar-refractivity contribution in [2.45, 2.75) is 6.10 Å². The highest BCUT2D eigenvalue weighted by Crippen LogP contribution is 2.25. The lowest BCUT2D eigenvalue weighted by molar-refractivity contribution is 0.0468. The molecule has 0 aliphatic carbocycles. The van der Waals surface area contributed by atoms with Crippen molar-refractivity contribution in [3.8, 4) is 0 Å². The van der Waals surface area contributed by atoms with Gasteiger partial charge in [-0.1, -0.05) is 78.9 Å². The monoisotopic (exact) mass is 413 g/mol. The molecule has 0 N–H and O–H groups in total. The van der Waals surface area contributed by atoms with Crippen LogP contribution in [0.1, 0.15) is 22.8 Å². The molecule has 160 valence electrons. The van der Waals surface area contributed by atoms with E-state index in [0.29, 0.717) is 0 Å². The lowest BCUT2D eigenvalue weighted by Gasteiger charge is -2.34. The zero-order chi connectivity index (χ0) is 21.1. The molecule has 1 aliphatic heterocycles. The molecular formula is C27H31N3O. The quantitative estimate of drug-likeness (QED) is 0.516. The van der Waals surface area contributed by atoms with Gasteiger partial charge in [0.25, 0.3) is 0 Å². The molecule has 3 aromatic rings. The highest BCUT2D eigenvalue weighted by Gasteiger charge is 2.18. The van der Waals surface area contributed by atoms with Crippen molar-refractivity contribution in [1.82, 2.24) is 14.8 Å². The first-order valence-corrected chi connectivity index (χ1v) is 11.1. The fraction of sp³-hybridized carbons (Fsp3) is 0.296. The van der Waals surface area contributed by atoms with Crippen LogP contribution in [-0.2, 0) is 4.74 Å². The normalized spacial score (nSPS) is 15.6. The first-order valence-electron chi connectivity index (χ1n) is 11.1. The molecule has 4 nitrogen and oxygen atoms in total. The standard InChI is InChI=1S/C27H31N3O/c1-3-11-25(12-4-1)27(26-13-5-2-6-14-26)31-22-21-30-19-17-29(18-20-30)16-8-10-24-9-7-15-28-23-24/h1-15,23,27H,16-22H2/b10-8+. The van der Waals surface area contributed by atoms with Crippen LogP contribution < -0.4 is 0 Å². The zero-order valence-electron chi connectivity index (χ0n) is 18.0. The molecule has 2 aromatic carbocycles. The van der Waals surface area contributed by atoms with E-state index < -0.39 is 0 Å². The Labute approximate surface area is 185 Å². The Hall–Kier alpha value is -2.79. The maximum absolute atomic E-state index is 6.39. The highest BCUT2D eigenvalue weighted by atomic mass is 16.5. The molecular weight excluding hydrogens is 382 g/mol. The van der Waals surface area contributed by atoms with E-state index in [1.165, 1.54) is 11.1 Å². The molecule has 1 aliphatic rings. The van der Waals surface area contributed by atoms with Gasteiger partial charge >= 0.3 is 0 Å². The third-order valence-electron chi connectivity index (χ3n) is 5.72. The van der Waals surface area contributed by atoms with E-state index in [-0.39, 0.29) is 6.10 Å². The van der Waals surface area contributed by atoms with Gasteiger partial charge in [-0.2, -0.15) is 0 Å². The minimum atomic E-state index is -0.0127. The molecule has 4 heteroatoms. The molecule has 4 rings (SSSR count). The molecule has 0 amide bonds. The Morgan fingerprint density at radius 2 is 1.45 bits per heavy atom. The average Bonchev–Trinajstić information content (AvgIpc) is 2.85. The van der Waals surface area contributed by atoms with Crippen molar-refractivity contribution < 1.29 is 4.74 Å². The van der Waals surface area contributed by atoms with E-state index in [4.69, 9.17) is 4.74 Å². The number of pyridine rings is 1. The number of aromatic nitrogens is 1. The molecule has 0 radical (unpaired) electrons. The Morgan fingerprint density at radius 1 is 0.806 bits per heavy atom. The lowest BCUT2D eigenvalue weighted by atomic mass is 10.0. The van der Waals surface area contributed by atoms with E-state index in [9.17, 15) is 0 Å². The summed E-state index contributed by atoms with van der Waals surface area (Å²) in [6.45, 7) is 7.06. The van der Waals surface area contributed by atoms with Crippen molar-refractivity contribution in [3.63, 3.8) is 0 Å². The highest BCUT2D eigenvalue weighted by molar-refractivity contribution is 5.47. The number of piperazine rings is 1. The smallest absolute Gasteiger partial charge is 0.108 e. The van der Waals surface area contributed by atoms with Crippen molar-refractivity contribution in [1.29, 1.82) is 0 Å². The van der Waals surface area contributed by atoms with Crippen LogP contribution in [0.3, 0.4) is 0 Å². The van der Waals surface area contributed by atoms with Crippen LogP contribution in [0.4, 0.5) is 0 Å². The summed E-state index contributed by atoms with van der Waals surface area (Å²) in [5, 5.41) is 0. The second kappa shape index (κ2) is 11.6. The predicted molar refractivity (Wildman–Crippen MR) is 127 cm³/mol. The number of nitrogens with zero attached hydrogens (tertiary/aromatic N) is 3. The SMILES string of the molecule is C(=C\c1cccnc1)/CN1CCN(CCOC(c2ccccc2)c2ccccc2)CC1. The third-order valence-corrected chi connectivity index (χ3v) is 5.72. The molecule has 1 saturated heterocycles. The molecule has 1 aromatic heterocycles. The van der Waals surface area contributed by atoms with Gasteiger partial charge in [0.15, 0.2) is 0 Å². The van der Waals surface area contributed by atoms with Crippen molar-refractivity contribution in [2.24, 2.45) is 0 Å². The first kappa shape index (κ1) is 21.4. The number of benzene rings is 2. The number of hydrogen-bond donors (Lipinski definition) is 0. The molecule has 0 spiro atoms. The Balaban J connectivity index is 1.22. The average molecular weight is 414 g/mol. The number of ether oxygens (including phenoxy) is 1. The van der Waals surface area contributed by atoms with Gasteiger partial charge in [-0.05, 0) is 22.8 Å². The van der Waals surface area contributed by atoms with Crippen molar-refractivity contribution in [3.05, 3.63) is 108 Å². The van der Waals surface area contributed by atoms with Crippen LogP contribution in [-0.4, -0.2) is 60.7 Å². The Bertz CT molecular complexity index is 867. The van der Waals surface area contributed by atoms with Gasteiger partial charge in [-0.25, -0.2) is 0 Å². The maximum Gasteiger partial charge on any atom is 0.108 e. The summed E-state index contributed by atoms with van der Waals surface area (Å²) in [5.74, 6) is 0. The summed E-state index contributed by atoms with van der Waals surface area (Å²) < 4.78 is 6.39. The summed E-state index contributed by atoms with van der Waals surface area (Å²) in [7, 11) is 0. The van der Waals surface area contributed by atoms with Gasteiger partial charge in [-0.3, -0.25) is 14.8 Å². The maximum atomic E-state index is 6.39. The van der Waals surface area contributed by atoms with E-state index in [0.717, 1.165) is 51.4 Å². The van der Waals surface area contributed by atoms with Crippen molar-refractivity contribution in [2.75, 3.05) is 45.9 Å². The molecule has 31 heavy (non-hydrogen) atoms. The van der Waals surface area contributed by atoms with Crippen molar-refractivity contribution >= 4 is 6.08 Å². The topological polar surface area (TPSA) is 28.6 Å². The van der Waals surface area contributed by atoms with Gasteiger partial charge in [0.05, 0.1) is 6.61 Å². The van der Waals surface area contributed by atoms with E-state index in [1.807, 2.05) is 18.5 Å². The zero-order valence-corrected chi connectivity index (χ0v) is 18.0. The minimum absolute atomic E-state index is 0.0127. The van der Waals surface area contributed by atoms with Gasteiger partial charge in [0.2, 0.25) is 0 Å². The lowest BCUT2D eigenvalue weighted by Crippen LogP contribution is -2.47. The van der Waals surface area contributed by atoms with Crippen LogP contribution in [0.15, 0.2) is 91.3 Å². The molecule has 0 bridgehead atoms. The van der Waals surface area contributed by atoms with Gasteiger partial charge in [-0.15, -0.1) is 0 Å². The fourth-order valence-electron chi connectivity index (χ4n) is 3.95. The Morgan fingerprint density at radius 3 is 2.06 bits per heavy atom. The summed E-state index contributed by atoms with van der Waals surface area (Å²) in [6, 6.07) is 25.1. The molecule has 2 heterocycles. The fourth-order valence-corrected chi connectivity index (χ4v) is 3.95. The van der Waals surface area contributed by atoms with Crippen LogP contribution in [0.5, 0.6) is 0 Å². The van der Waals surface area contributed by atoms with Gasteiger partial charge in [0, 0.05) is 51.7 Å². The van der Waals surface area contributed by atoms with Crippen LogP contribution >= 0.6 is 0 Å². The van der Waals surface area contributed by atoms with E-state index in [1.54, 1.807) is 0 Å². The van der Waals surface area contributed by atoms with E-state index in [2.05, 4.69) is 93.7 Å². The summed E-state index contributed by atoms with van der Waals surface area (Å²) >= 11 is 0. The van der Waals surface area contributed by atoms with Crippen LogP contribution in [0.25, 0.3) is 6.08 Å². The Kier molecular flexibility index (Phi) is 8.00. The summed E-state index contributed by atoms with van der Waals surface area (Å²) in [4.78, 5) is 9.17. The second-order valence-electron chi connectivity index (χ2n) is 7.90. The van der Waals surface area contributed by atoms with Gasteiger partial charge < -0.3 is 4.74 Å². The molecule has 1 fully saturated rings. The van der Waals surface area contributed by atoms with E-state index >= 15 is 0 Å². The third kappa shape index (κ3) is 6.59. The first-order chi connectivity index (χ1) is 15.4. The predicted octanol–water partition coefficient (Wildman–Crippen LogP) is 4.52. The number of hydrogen-bond acceptors (Lipinski definition) is 4. The second-order valence-corrected chi connectivity index (χ2v) is 7.90. The molecule has 0 atom stereocenters. The molecule has 0 unspecified atom stereocenters. The van der Waals surface area contributed by atoms with Gasteiger partial charge in [0.1, 0.15) is 6.10 Å². The summed E-state index contributed by atoms with van der Waals surface area (Å²) in [5.41, 5.74) is 3.57. The number of rotatable bonds is 9. The summed E-state index contributed by atoms with van der Waals surface area (Å²) in [6.07, 6.45) is 8.08. The van der Waals surface area contributed by atoms with Crippen LogP contribution in [0.2, 0.25) is 0 Å². The minimum Gasteiger partial charge on any atom is -0.367 e.